The van der Waals surface area contributed by atoms with Crippen LogP contribution in [-0.2, 0) is 9.84 Å². The highest BCUT2D eigenvalue weighted by Crippen LogP contribution is 2.28. The summed E-state index contributed by atoms with van der Waals surface area (Å²) in [6.07, 6.45) is 2.42. The predicted molar refractivity (Wildman–Crippen MR) is 102 cm³/mol. The lowest BCUT2D eigenvalue weighted by atomic mass is 10.0. The second kappa shape index (κ2) is 7.71. The number of aromatic nitrogens is 5. The fourth-order valence-corrected chi connectivity index (χ4v) is 4.08. The van der Waals surface area contributed by atoms with Gasteiger partial charge in [-0.2, -0.15) is 5.10 Å². The van der Waals surface area contributed by atoms with Crippen molar-refractivity contribution in [1.29, 1.82) is 0 Å². The molecule has 3 aromatic rings. The maximum absolute atomic E-state index is 13.0. The molecule has 4 heterocycles. The van der Waals surface area contributed by atoms with Crippen molar-refractivity contribution in [3.05, 3.63) is 42.1 Å². The lowest BCUT2D eigenvalue weighted by Gasteiger charge is -2.15. The highest BCUT2D eigenvalue weighted by molar-refractivity contribution is 7.90. The van der Waals surface area contributed by atoms with E-state index >= 15 is 0 Å². The smallest absolute Gasteiger partial charge is 0.282 e. The summed E-state index contributed by atoms with van der Waals surface area (Å²) in [6, 6.07) is 4.58. The molecular weight excluding hydrogens is 402 g/mol. The first-order valence-electron chi connectivity index (χ1n) is 9.15. The van der Waals surface area contributed by atoms with E-state index in [1.165, 1.54) is 29.2 Å². The van der Waals surface area contributed by atoms with Crippen molar-refractivity contribution < 1.29 is 17.2 Å². The van der Waals surface area contributed by atoms with Crippen LogP contribution in [0.5, 0.6) is 0 Å². The largest absolute Gasteiger partial charge is 0.302 e. The molecule has 8 nitrogen and oxygen atoms in total. The Morgan fingerprint density at radius 3 is 2.83 bits per heavy atom. The molecule has 11 heteroatoms. The summed E-state index contributed by atoms with van der Waals surface area (Å²) in [7, 11) is -3.00. The van der Waals surface area contributed by atoms with E-state index in [9.17, 15) is 17.2 Å². The molecule has 0 aromatic carbocycles. The summed E-state index contributed by atoms with van der Waals surface area (Å²) < 4.78 is 50.1. The van der Waals surface area contributed by atoms with Gasteiger partial charge in [0.25, 0.3) is 6.43 Å². The molecular formula is C18H20F2N6O2S. The molecule has 4 rings (SSSR count). The maximum Gasteiger partial charge on any atom is 0.282 e. The number of nitrogens with zero attached hydrogens (tertiary/aromatic N) is 6. The van der Waals surface area contributed by atoms with Gasteiger partial charge in [0, 0.05) is 31.0 Å². The summed E-state index contributed by atoms with van der Waals surface area (Å²) in [5.74, 6) is 0.286. The molecule has 0 aliphatic carbocycles. The Kier molecular flexibility index (Phi) is 5.26. The SMILES string of the molecule is CS(=O)(=O)CCN1CCC(c2cc(-c3cnc4ccc(C(F)F)nn34)ncn2)C1. The minimum atomic E-state index is -3.00. The molecule has 0 saturated carbocycles. The van der Waals surface area contributed by atoms with Crippen LogP contribution in [-0.4, -0.2) is 69.5 Å². The third kappa shape index (κ3) is 4.40. The van der Waals surface area contributed by atoms with Gasteiger partial charge in [0.2, 0.25) is 0 Å². The summed E-state index contributed by atoms with van der Waals surface area (Å²) in [5, 5.41) is 3.98. The van der Waals surface area contributed by atoms with Crippen LogP contribution in [0.2, 0.25) is 0 Å². The number of sulfone groups is 1. The van der Waals surface area contributed by atoms with Gasteiger partial charge in [0.15, 0.2) is 5.65 Å². The zero-order valence-corrected chi connectivity index (χ0v) is 16.6. The van der Waals surface area contributed by atoms with Crippen LogP contribution >= 0.6 is 0 Å². The Morgan fingerprint density at radius 1 is 1.24 bits per heavy atom. The predicted octanol–water partition coefficient (Wildman–Crippen LogP) is 1.96. The average Bonchev–Trinajstić information content (AvgIpc) is 3.32. The number of hydrogen-bond acceptors (Lipinski definition) is 7. The van der Waals surface area contributed by atoms with Crippen molar-refractivity contribution in [2.24, 2.45) is 0 Å². The van der Waals surface area contributed by atoms with Gasteiger partial charge >= 0.3 is 0 Å². The molecule has 3 aromatic heterocycles. The van der Waals surface area contributed by atoms with E-state index in [-0.39, 0.29) is 17.4 Å². The Morgan fingerprint density at radius 2 is 2.07 bits per heavy atom. The van der Waals surface area contributed by atoms with E-state index in [1.807, 2.05) is 6.07 Å². The Balaban J connectivity index is 1.57. The van der Waals surface area contributed by atoms with Gasteiger partial charge in [-0.15, -0.1) is 0 Å². The molecule has 1 atom stereocenters. The molecule has 29 heavy (non-hydrogen) atoms. The Hall–Kier alpha value is -2.53. The van der Waals surface area contributed by atoms with Crippen molar-refractivity contribution in [3.8, 4) is 11.4 Å². The van der Waals surface area contributed by atoms with Crippen molar-refractivity contribution >= 4 is 15.5 Å². The highest BCUT2D eigenvalue weighted by atomic mass is 32.2. The van der Waals surface area contributed by atoms with E-state index in [1.54, 1.807) is 6.20 Å². The normalized spacial score (nSPS) is 18.1. The molecule has 0 bridgehead atoms. The molecule has 0 radical (unpaired) electrons. The first-order chi connectivity index (χ1) is 13.8. The van der Waals surface area contributed by atoms with Crippen molar-refractivity contribution in [3.63, 3.8) is 0 Å². The number of likely N-dealkylation sites (tertiary alicyclic amines) is 1. The molecule has 1 aliphatic heterocycles. The number of rotatable bonds is 6. The fraction of sp³-hybridized carbons (Fsp3) is 0.444. The zero-order chi connectivity index (χ0) is 20.6. The summed E-state index contributed by atoms with van der Waals surface area (Å²) in [4.78, 5) is 15.0. The van der Waals surface area contributed by atoms with Crippen LogP contribution in [0.3, 0.4) is 0 Å². The van der Waals surface area contributed by atoms with Crippen LogP contribution in [0.25, 0.3) is 17.0 Å². The summed E-state index contributed by atoms with van der Waals surface area (Å²) in [5.41, 5.74) is 2.02. The minimum absolute atomic E-state index is 0.134. The Labute approximate surface area is 166 Å². The average molecular weight is 422 g/mol. The van der Waals surface area contributed by atoms with Gasteiger partial charge in [-0.05, 0) is 31.2 Å². The lowest BCUT2D eigenvalue weighted by molar-refractivity contribution is 0.144. The van der Waals surface area contributed by atoms with Gasteiger partial charge in [0.1, 0.15) is 27.6 Å². The topological polar surface area (TPSA) is 93.4 Å². The fourth-order valence-electron chi connectivity index (χ4n) is 3.49. The van der Waals surface area contributed by atoms with Crippen LogP contribution in [0.15, 0.2) is 30.7 Å². The molecule has 1 fully saturated rings. The van der Waals surface area contributed by atoms with E-state index in [0.29, 0.717) is 30.1 Å². The second-order valence-corrected chi connectivity index (χ2v) is 9.48. The molecule has 1 aliphatic rings. The number of alkyl halides is 2. The lowest BCUT2D eigenvalue weighted by Crippen LogP contribution is -2.26. The van der Waals surface area contributed by atoms with Crippen LogP contribution in [0.4, 0.5) is 8.78 Å². The Bertz CT molecular complexity index is 1130. The number of fused-ring (bicyclic) bond motifs is 1. The summed E-state index contributed by atoms with van der Waals surface area (Å²) in [6.45, 7) is 2.02. The molecule has 0 N–H and O–H groups in total. The van der Waals surface area contributed by atoms with Crippen LogP contribution < -0.4 is 0 Å². The van der Waals surface area contributed by atoms with E-state index < -0.39 is 16.3 Å². The van der Waals surface area contributed by atoms with E-state index in [2.05, 4.69) is 25.0 Å². The van der Waals surface area contributed by atoms with Gasteiger partial charge < -0.3 is 4.90 Å². The summed E-state index contributed by atoms with van der Waals surface area (Å²) >= 11 is 0. The first kappa shape index (κ1) is 19.8. The van der Waals surface area contributed by atoms with Crippen LogP contribution in [0, 0.1) is 0 Å². The van der Waals surface area contributed by atoms with Gasteiger partial charge in [0.05, 0.1) is 17.6 Å². The van der Waals surface area contributed by atoms with Gasteiger partial charge in [-0.3, -0.25) is 0 Å². The molecule has 0 amide bonds. The van der Waals surface area contributed by atoms with Gasteiger partial charge in [-0.25, -0.2) is 36.7 Å². The number of hydrogen-bond donors (Lipinski definition) is 0. The standard InChI is InChI=1S/C18H20F2N6O2S/c1-29(27,28)7-6-25-5-4-12(10-25)14-8-15(23-11-22-14)16-9-21-17-3-2-13(18(19)20)24-26(16)17/h2-3,8-9,11-12,18H,4-7,10H2,1H3. The molecule has 0 spiro atoms. The van der Waals surface area contributed by atoms with Crippen LogP contribution in [0.1, 0.15) is 30.2 Å². The molecule has 154 valence electrons. The zero-order valence-electron chi connectivity index (χ0n) is 15.7. The number of halogens is 2. The molecule has 1 saturated heterocycles. The second-order valence-electron chi connectivity index (χ2n) is 7.22. The maximum atomic E-state index is 13.0. The third-order valence-corrected chi connectivity index (χ3v) is 5.95. The first-order valence-corrected chi connectivity index (χ1v) is 11.2. The van der Waals surface area contributed by atoms with Crippen molar-refractivity contribution in [1.82, 2.24) is 29.5 Å². The minimum Gasteiger partial charge on any atom is -0.302 e. The van der Waals surface area contributed by atoms with Crippen molar-refractivity contribution in [2.45, 2.75) is 18.8 Å². The van der Waals surface area contributed by atoms with E-state index in [4.69, 9.17) is 0 Å². The molecule has 1 unspecified atom stereocenters. The monoisotopic (exact) mass is 422 g/mol. The van der Waals surface area contributed by atoms with Crippen molar-refractivity contribution in [2.75, 3.05) is 31.6 Å². The number of imidazole rings is 1. The third-order valence-electron chi connectivity index (χ3n) is 5.03. The van der Waals surface area contributed by atoms with E-state index in [0.717, 1.165) is 18.7 Å². The van der Waals surface area contributed by atoms with Gasteiger partial charge in [-0.1, -0.05) is 0 Å². The quantitative estimate of drug-likeness (QED) is 0.599. The highest BCUT2D eigenvalue weighted by Gasteiger charge is 2.26.